The molecule has 0 radical (unpaired) electrons. The lowest BCUT2D eigenvalue weighted by molar-refractivity contribution is -0.392. The summed E-state index contributed by atoms with van der Waals surface area (Å²) < 4.78 is 30.6. The van der Waals surface area contributed by atoms with Gasteiger partial charge in [0, 0.05) is 32.6 Å². The number of nitrogens with zero attached hydrogens (tertiary/aromatic N) is 4. The third kappa shape index (κ3) is 5.51. The van der Waals surface area contributed by atoms with Crippen LogP contribution in [0.25, 0.3) is 0 Å². The molecule has 11 nitrogen and oxygen atoms in total. The molecule has 23 heavy (non-hydrogen) atoms. The SMILES string of the molecule is NS(=O)(=O)NCCc1ncc([N+](=O)[O-])n1CCN1CCOCC1. The molecule has 1 fully saturated rings. The molecule has 0 atom stereocenters. The Bertz CT molecular complexity index is 639. The van der Waals surface area contributed by atoms with Crippen LogP contribution in [0.4, 0.5) is 5.82 Å². The molecule has 0 unspecified atom stereocenters. The molecular formula is C11H20N6O5S. The monoisotopic (exact) mass is 348 g/mol. The molecule has 1 saturated heterocycles. The van der Waals surface area contributed by atoms with Crippen molar-refractivity contribution in [3.8, 4) is 0 Å². The molecule has 130 valence electrons. The van der Waals surface area contributed by atoms with Crippen LogP contribution in [0.3, 0.4) is 0 Å². The van der Waals surface area contributed by atoms with Gasteiger partial charge in [-0.05, 0) is 4.92 Å². The Balaban J connectivity index is 2.01. The van der Waals surface area contributed by atoms with E-state index in [1.807, 2.05) is 0 Å². The molecule has 1 aliphatic heterocycles. The molecule has 0 bridgehead atoms. The Kier molecular flexibility index (Phi) is 6.01. The van der Waals surface area contributed by atoms with Gasteiger partial charge in [0.1, 0.15) is 12.7 Å². The van der Waals surface area contributed by atoms with E-state index in [4.69, 9.17) is 9.88 Å². The zero-order chi connectivity index (χ0) is 16.9. The molecule has 0 aromatic carbocycles. The van der Waals surface area contributed by atoms with E-state index in [1.165, 1.54) is 10.8 Å². The van der Waals surface area contributed by atoms with Crippen molar-refractivity contribution in [2.75, 3.05) is 39.4 Å². The molecule has 0 saturated carbocycles. The Morgan fingerprint density at radius 2 is 2.09 bits per heavy atom. The molecule has 1 aromatic heterocycles. The average molecular weight is 348 g/mol. The summed E-state index contributed by atoms with van der Waals surface area (Å²) in [4.78, 5) is 16.8. The third-order valence-corrected chi connectivity index (χ3v) is 4.11. The van der Waals surface area contributed by atoms with Crippen molar-refractivity contribution >= 4 is 16.0 Å². The maximum Gasteiger partial charge on any atom is 0.342 e. The van der Waals surface area contributed by atoms with Crippen molar-refractivity contribution < 1.29 is 18.1 Å². The van der Waals surface area contributed by atoms with Gasteiger partial charge in [-0.25, -0.2) is 19.4 Å². The van der Waals surface area contributed by atoms with Crippen molar-refractivity contribution in [1.29, 1.82) is 0 Å². The number of imidazole rings is 1. The largest absolute Gasteiger partial charge is 0.379 e. The van der Waals surface area contributed by atoms with Gasteiger partial charge in [0.25, 0.3) is 10.2 Å². The number of ether oxygens (including phenoxy) is 1. The highest BCUT2D eigenvalue weighted by atomic mass is 32.2. The average Bonchev–Trinajstić information content (AvgIpc) is 2.88. The Morgan fingerprint density at radius 1 is 1.39 bits per heavy atom. The van der Waals surface area contributed by atoms with E-state index in [0.29, 0.717) is 32.1 Å². The molecule has 0 amide bonds. The number of nitro groups is 1. The standard InChI is InChI=1S/C11H20N6O5S/c12-23(20,21)14-2-1-10-13-9-11(17(18)19)16(10)4-3-15-5-7-22-8-6-15/h9,14H,1-8H2,(H2,12,20,21). The summed E-state index contributed by atoms with van der Waals surface area (Å²) in [7, 11) is -3.79. The lowest BCUT2D eigenvalue weighted by atomic mass is 10.3. The molecule has 12 heteroatoms. The lowest BCUT2D eigenvalue weighted by Gasteiger charge is -2.25. The van der Waals surface area contributed by atoms with E-state index in [1.54, 1.807) is 0 Å². The number of rotatable bonds is 8. The van der Waals surface area contributed by atoms with Gasteiger partial charge in [-0.15, -0.1) is 0 Å². The van der Waals surface area contributed by atoms with Crippen LogP contribution in [0, 0.1) is 10.1 Å². The first-order chi connectivity index (χ1) is 10.9. The number of nitrogens with two attached hydrogens (primary N) is 1. The highest BCUT2D eigenvalue weighted by Crippen LogP contribution is 2.15. The molecular weight excluding hydrogens is 328 g/mol. The van der Waals surface area contributed by atoms with Crippen LogP contribution < -0.4 is 9.86 Å². The quantitative estimate of drug-likeness (QED) is 0.427. The summed E-state index contributed by atoms with van der Waals surface area (Å²) in [5.41, 5.74) is 0. The first kappa shape index (κ1) is 17.7. The van der Waals surface area contributed by atoms with Crippen LogP contribution in [0.15, 0.2) is 6.20 Å². The zero-order valence-corrected chi connectivity index (χ0v) is 13.4. The number of morpholine rings is 1. The summed E-state index contributed by atoms with van der Waals surface area (Å²) in [6.45, 7) is 3.94. The highest BCUT2D eigenvalue weighted by Gasteiger charge is 2.21. The minimum Gasteiger partial charge on any atom is -0.379 e. The van der Waals surface area contributed by atoms with E-state index >= 15 is 0 Å². The van der Waals surface area contributed by atoms with Gasteiger partial charge >= 0.3 is 5.82 Å². The second-order valence-corrected chi connectivity index (χ2v) is 6.46. The number of hydrogen-bond acceptors (Lipinski definition) is 7. The molecule has 2 rings (SSSR count). The molecule has 3 N–H and O–H groups in total. The van der Waals surface area contributed by atoms with Gasteiger partial charge < -0.3 is 14.9 Å². The number of nitrogens with one attached hydrogen (secondary N) is 1. The maximum atomic E-state index is 11.1. The predicted octanol–water partition coefficient (Wildman–Crippen LogP) is -1.54. The van der Waals surface area contributed by atoms with E-state index in [9.17, 15) is 18.5 Å². The van der Waals surface area contributed by atoms with Gasteiger partial charge in [0.2, 0.25) is 0 Å². The van der Waals surface area contributed by atoms with Crippen molar-refractivity contribution in [2.45, 2.75) is 13.0 Å². The summed E-state index contributed by atoms with van der Waals surface area (Å²) >= 11 is 0. The fraction of sp³-hybridized carbons (Fsp3) is 0.727. The summed E-state index contributed by atoms with van der Waals surface area (Å²) in [5.74, 6) is 0.338. The topological polar surface area (TPSA) is 146 Å². The first-order valence-electron chi connectivity index (χ1n) is 7.13. The van der Waals surface area contributed by atoms with E-state index in [0.717, 1.165) is 13.1 Å². The van der Waals surface area contributed by atoms with Crippen molar-refractivity contribution in [3.05, 3.63) is 22.1 Å². The number of hydrogen-bond donors (Lipinski definition) is 2. The fourth-order valence-corrected chi connectivity index (χ4v) is 2.75. The normalized spacial score (nSPS) is 16.6. The Hall–Kier alpha value is -1.60. The van der Waals surface area contributed by atoms with Crippen LogP contribution >= 0.6 is 0 Å². The predicted molar refractivity (Wildman–Crippen MR) is 81.0 cm³/mol. The second kappa shape index (κ2) is 7.79. The van der Waals surface area contributed by atoms with Crippen LogP contribution in [-0.2, 0) is 27.9 Å². The summed E-state index contributed by atoms with van der Waals surface area (Å²) in [6.07, 6.45) is 1.40. The maximum absolute atomic E-state index is 11.1. The van der Waals surface area contributed by atoms with Crippen molar-refractivity contribution in [3.63, 3.8) is 0 Å². The van der Waals surface area contributed by atoms with Gasteiger partial charge in [-0.3, -0.25) is 4.90 Å². The molecule has 0 spiro atoms. The molecule has 0 aliphatic carbocycles. The molecule has 1 aliphatic rings. The first-order valence-corrected chi connectivity index (χ1v) is 8.68. The van der Waals surface area contributed by atoms with Gasteiger partial charge in [0.05, 0.1) is 13.2 Å². The van der Waals surface area contributed by atoms with Crippen molar-refractivity contribution in [1.82, 2.24) is 19.2 Å². The molecule has 2 heterocycles. The van der Waals surface area contributed by atoms with Crippen LogP contribution in [0.1, 0.15) is 5.82 Å². The van der Waals surface area contributed by atoms with Gasteiger partial charge in [-0.1, -0.05) is 0 Å². The number of aromatic nitrogens is 2. The Morgan fingerprint density at radius 3 is 2.70 bits per heavy atom. The summed E-state index contributed by atoms with van der Waals surface area (Å²) in [5, 5.41) is 16.0. The fourth-order valence-electron chi connectivity index (χ4n) is 2.36. The van der Waals surface area contributed by atoms with E-state index in [2.05, 4.69) is 14.6 Å². The van der Waals surface area contributed by atoms with Crippen molar-refractivity contribution in [2.24, 2.45) is 5.14 Å². The molecule has 1 aromatic rings. The lowest BCUT2D eigenvalue weighted by Crippen LogP contribution is -2.38. The smallest absolute Gasteiger partial charge is 0.342 e. The van der Waals surface area contributed by atoms with Gasteiger partial charge in [-0.2, -0.15) is 8.42 Å². The minimum atomic E-state index is -3.79. The summed E-state index contributed by atoms with van der Waals surface area (Å²) in [6, 6.07) is 0. The minimum absolute atomic E-state index is 0.0323. The second-order valence-electron chi connectivity index (χ2n) is 5.08. The van der Waals surface area contributed by atoms with Crippen LogP contribution in [0.2, 0.25) is 0 Å². The highest BCUT2D eigenvalue weighted by molar-refractivity contribution is 7.87. The van der Waals surface area contributed by atoms with Crippen LogP contribution in [-0.4, -0.2) is 67.2 Å². The van der Waals surface area contributed by atoms with Crippen LogP contribution in [0.5, 0.6) is 0 Å². The third-order valence-electron chi connectivity index (χ3n) is 3.50. The van der Waals surface area contributed by atoms with E-state index < -0.39 is 15.1 Å². The van der Waals surface area contributed by atoms with Gasteiger partial charge in [0.15, 0.2) is 5.82 Å². The Labute approximate surface area is 133 Å². The zero-order valence-electron chi connectivity index (χ0n) is 12.5. The van der Waals surface area contributed by atoms with E-state index in [-0.39, 0.29) is 18.8 Å².